The van der Waals surface area contributed by atoms with Crippen molar-refractivity contribution in [3.63, 3.8) is 0 Å². The van der Waals surface area contributed by atoms with Crippen molar-refractivity contribution in [2.45, 2.75) is 11.8 Å². The molecule has 1 nitrogen and oxygen atoms in total. The van der Waals surface area contributed by atoms with Crippen LogP contribution in [0.4, 0.5) is 0 Å². The van der Waals surface area contributed by atoms with Crippen LogP contribution in [-0.2, 0) is 5.41 Å². The third-order valence-corrected chi connectivity index (χ3v) is 4.78. The Morgan fingerprint density at radius 3 is 1.80 bits per heavy atom. The number of hydrogen-bond donors (Lipinski definition) is 1. The molecule has 1 N–H and O–H groups in total. The number of hydrogen-bond acceptors (Lipinski definition) is 1. The minimum absolute atomic E-state index is 0.109. The first-order valence-electron chi connectivity index (χ1n) is 6.83. The topological polar surface area (TPSA) is 12.0 Å². The summed E-state index contributed by atoms with van der Waals surface area (Å²) in [4.78, 5) is 0. The molecule has 0 spiro atoms. The van der Waals surface area contributed by atoms with E-state index in [-0.39, 0.29) is 5.41 Å². The molecule has 1 atom stereocenters. The van der Waals surface area contributed by atoms with Gasteiger partial charge in [0, 0.05) is 15.5 Å². The van der Waals surface area contributed by atoms with E-state index >= 15 is 0 Å². The first-order chi connectivity index (χ1) is 9.66. The fourth-order valence-electron chi connectivity index (χ4n) is 3.19. The first-order valence-corrected chi connectivity index (χ1v) is 7.59. The summed E-state index contributed by atoms with van der Waals surface area (Å²) in [5, 5.41) is 4.86. The summed E-state index contributed by atoms with van der Waals surface area (Å²) in [6, 6.07) is 16.5. The lowest BCUT2D eigenvalue weighted by molar-refractivity contribution is 0.641. The van der Waals surface area contributed by atoms with Crippen LogP contribution in [0.1, 0.15) is 17.5 Å². The molecule has 0 saturated heterocycles. The number of halogens is 2. The van der Waals surface area contributed by atoms with Crippen LogP contribution in [0.3, 0.4) is 0 Å². The van der Waals surface area contributed by atoms with Gasteiger partial charge in [0.15, 0.2) is 0 Å². The molecule has 2 aromatic carbocycles. The number of nitrogens with one attached hydrogen (secondary N) is 1. The zero-order valence-electron chi connectivity index (χ0n) is 11.4. The van der Waals surface area contributed by atoms with E-state index < -0.39 is 0 Å². The predicted octanol–water partition coefficient (Wildman–Crippen LogP) is 4.52. The van der Waals surface area contributed by atoms with Gasteiger partial charge in [0.1, 0.15) is 0 Å². The zero-order chi connectivity index (χ0) is 14.2. The number of benzene rings is 2. The van der Waals surface area contributed by atoms with Crippen molar-refractivity contribution in [3.8, 4) is 0 Å². The van der Waals surface area contributed by atoms with Gasteiger partial charge in [-0.25, -0.2) is 0 Å². The quantitative estimate of drug-likeness (QED) is 0.876. The lowest BCUT2D eigenvalue weighted by atomic mass is 9.85. The normalized spacial score (nSPS) is 19.9. The van der Waals surface area contributed by atoms with E-state index in [1.165, 1.54) is 11.1 Å². The van der Waals surface area contributed by atoms with Gasteiger partial charge in [0.25, 0.3) is 0 Å². The highest BCUT2D eigenvalue weighted by atomic mass is 35.5. The summed E-state index contributed by atoms with van der Waals surface area (Å²) in [7, 11) is 2.01. The molecule has 1 fully saturated rings. The van der Waals surface area contributed by atoms with Gasteiger partial charge in [-0.15, -0.1) is 0 Å². The van der Waals surface area contributed by atoms with Gasteiger partial charge in [-0.3, -0.25) is 0 Å². The Morgan fingerprint density at radius 2 is 1.40 bits per heavy atom. The molecule has 1 aliphatic rings. The van der Waals surface area contributed by atoms with E-state index in [0.717, 1.165) is 23.0 Å². The van der Waals surface area contributed by atoms with E-state index in [0.29, 0.717) is 5.92 Å². The molecule has 0 bridgehead atoms. The van der Waals surface area contributed by atoms with E-state index in [2.05, 4.69) is 29.6 Å². The molecule has 2 aromatic rings. The first kappa shape index (κ1) is 13.9. The largest absolute Gasteiger partial charge is 0.319 e. The molecule has 0 aromatic heterocycles. The van der Waals surface area contributed by atoms with Crippen LogP contribution in [-0.4, -0.2) is 13.6 Å². The van der Waals surface area contributed by atoms with Gasteiger partial charge in [0.05, 0.1) is 0 Å². The Hall–Kier alpha value is -1.02. The highest BCUT2D eigenvalue weighted by Gasteiger charge is 2.55. The average molecular weight is 306 g/mol. The van der Waals surface area contributed by atoms with E-state index in [9.17, 15) is 0 Å². The van der Waals surface area contributed by atoms with Crippen molar-refractivity contribution < 1.29 is 0 Å². The van der Waals surface area contributed by atoms with Gasteiger partial charge < -0.3 is 5.32 Å². The van der Waals surface area contributed by atoms with Crippen molar-refractivity contribution in [1.29, 1.82) is 0 Å². The maximum atomic E-state index is 6.02. The fourth-order valence-corrected chi connectivity index (χ4v) is 3.44. The molecular formula is C17H17Cl2N. The molecule has 0 heterocycles. The van der Waals surface area contributed by atoms with Crippen LogP contribution >= 0.6 is 23.2 Å². The second-order valence-corrected chi connectivity index (χ2v) is 6.32. The van der Waals surface area contributed by atoms with Crippen molar-refractivity contribution in [3.05, 3.63) is 69.7 Å². The monoisotopic (exact) mass is 305 g/mol. The Balaban J connectivity index is 2.02. The third-order valence-electron chi connectivity index (χ3n) is 4.27. The van der Waals surface area contributed by atoms with Crippen molar-refractivity contribution in [1.82, 2.24) is 5.32 Å². The molecule has 0 amide bonds. The van der Waals surface area contributed by atoms with E-state index in [1.54, 1.807) is 0 Å². The van der Waals surface area contributed by atoms with Crippen LogP contribution in [0, 0.1) is 5.92 Å². The Bertz CT molecular complexity index is 544. The lowest BCUT2D eigenvalue weighted by Crippen LogP contribution is -2.19. The van der Waals surface area contributed by atoms with Gasteiger partial charge >= 0.3 is 0 Å². The minimum atomic E-state index is 0.109. The molecule has 3 heteroatoms. The second-order valence-electron chi connectivity index (χ2n) is 5.44. The summed E-state index contributed by atoms with van der Waals surface area (Å²) in [6.07, 6.45) is 1.16. The van der Waals surface area contributed by atoms with Gasteiger partial charge in [0.2, 0.25) is 0 Å². The van der Waals surface area contributed by atoms with Crippen LogP contribution in [0.2, 0.25) is 10.0 Å². The Labute approximate surface area is 129 Å². The molecular weight excluding hydrogens is 289 g/mol. The molecule has 0 radical (unpaired) electrons. The standard InChI is InChI=1S/C17H17Cl2N/c1-20-11-14-10-17(14,12-2-6-15(18)7-3-12)13-4-8-16(19)9-5-13/h2-9,14,20H,10-11H2,1H3. The minimum Gasteiger partial charge on any atom is -0.319 e. The van der Waals surface area contributed by atoms with E-state index in [1.807, 2.05) is 31.3 Å². The van der Waals surface area contributed by atoms with Crippen molar-refractivity contribution in [2.24, 2.45) is 5.92 Å². The highest BCUT2D eigenvalue weighted by Crippen LogP contribution is 2.58. The van der Waals surface area contributed by atoms with Crippen LogP contribution < -0.4 is 5.32 Å². The van der Waals surface area contributed by atoms with Crippen molar-refractivity contribution >= 4 is 23.2 Å². The number of rotatable bonds is 4. The second kappa shape index (κ2) is 5.40. The fraction of sp³-hybridized carbons (Fsp3) is 0.294. The summed E-state index contributed by atoms with van der Waals surface area (Å²) < 4.78 is 0. The zero-order valence-corrected chi connectivity index (χ0v) is 12.9. The Morgan fingerprint density at radius 1 is 0.950 bits per heavy atom. The Kier molecular flexibility index (Phi) is 3.76. The molecule has 1 aliphatic carbocycles. The molecule has 1 unspecified atom stereocenters. The summed E-state index contributed by atoms with van der Waals surface area (Å²) in [5.74, 6) is 0.620. The third kappa shape index (κ3) is 2.35. The molecule has 104 valence electrons. The van der Waals surface area contributed by atoms with Gasteiger partial charge in [-0.1, -0.05) is 47.5 Å². The smallest absolute Gasteiger partial charge is 0.0406 e. The van der Waals surface area contributed by atoms with E-state index in [4.69, 9.17) is 23.2 Å². The van der Waals surface area contributed by atoms with Crippen LogP contribution in [0.25, 0.3) is 0 Å². The molecule has 3 rings (SSSR count). The SMILES string of the molecule is CNCC1CC1(c1ccc(Cl)cc1)c1ccc(Cl)cc1. The van der Waals surface area contributed by atoms with Crippen molar-refractivity contribution in [2.75, 3.05) is 13.6 Å². The summed E-state index contributed by atoms with van der Waals surface area (Å²) >= 11 is 12.0. The van der Waals surface area contributed by atoms with Crippen LogP contribution in [0.5, 0.6) is 0 Å². The average Bonchev–Trinajstić information content (AvgIpc) is 3.16. The molecule has 20 heavy (non-hydrogen) atoms. The van der Waals surface area contributed by atoms with Gasteiger partial charge in [-0.2, -0.15) is 0 Å². The predicted molar refractivity (Wildman–Crippen MR) is 85.7 cm³/mol. The maximum absolute atomic E-state index is 6.02. The summed E-state index contributed by atoms with van der Waals surface area (Å²) in [6.45, 7) is 1.02. The van der Waals surface area contributed by atoms with Gasteiger partial charge in [-0.05, 0) is 61.3 Å². The lowest BCUT2D eigenvalue weighted by Gasteiger charge is -2.19. The summed E-state index contributed by atoms with van der Waals surface area (Å²) in [5.41, 5.74) is 2.78. The maximum Gasteiger partial charge on any atom is 0.0406 e. The van der Waals surface area contributed by atoms with Crippen LogP contribution in [0.15, 0.2) is 48.5 Å². The molecule has 0 aliphatic heterocycles. The molecule has 1 saturated carbocycles. The highest BCUT2D eigenvalue weighted by molar-refractivity contribution is 6.30.